The Bertz CT molecular complexity index is 1000. The van der Waals surface area contributed by atoms with E-state index >= 15 is 0 Å². The van der Waals surface area contributed by atoms with Crippen LogP contribution in [0.25, 0.3) is 11.4 Å². The molecule has 2 aromatic heterocycles. The molecule has 0 unspecified atom stereocenters. The lowest BCUT2D eigenvalue weighted by atomic mass is 10.0. The van der Waals surface area contributed by atoms with Gasteiger partial charge in [0.15, 0.2) is 0 Å². The summed E-state index contributed by atoms with van der Waals surface area (Å²) in [5.41, 5.74) is 1.26. The van der Waals surface area contributed by atoms with E-state index in [1.165, 1.54) is 12.5 Å². The van der Waals surface area contributed by atoms with Crippen LogP contribution in [-0.4, -0.2) is 48.3 Å². The van der Waals surface area contributed by atoms with Crippen LogP contribution in [0.3, 0.4) is 0 Å². The topological polar surface area (TPSA) is 119 Å². The summed E-state index contributed by atoms with van der Waals surface area (Å²) in [5, 5.41) is 9.97. The molecular formula is C22H24N4O5. The van der Waals surface area contributed by atoms with E-state index in [2.05, 4.69) is 20.8 Å². The van der Waals surface area contributed by atoms with Gasteiger partial charge in [0.25, 0.3) is 5.91 Å². The molecule has 3 aromatic rings. The Labute approximate surface area is 179 Å². The van der Waals surface area contributed by atoms with Crippen molar-refractivity contribution in [1.29, 1.82) is 0 Å². The largest absolute Gasteiger partial charge is 0.472 e. The Morgan fingerprint density at radius 2 is 2.03 bits per heavy atom. The van der Waals surface area contributed by atoms with E-state index in [4.69, 9.17) is 13.7 Å². The first kappa shape index (κ1) is 20.8. The van der Waals surface area contributed by atoms with E-state index in [0.717, 1.165) is 5.56 Å². The summed E-state index contributed by atoms with van der Waals surface area (Å²) in [6.45, 7) is 0.869. The second-order valence-electron chi connectivity index (χ2n) is 7.47. The minimum absolute atomic E-state index is 0.0788. The maximum Gasteiger partial charge on any atom is 0.254 e. The van der Waals surface area contributed by atoms with Crippen LogP contribution in [0.4, 0.5) is 0 Å². The molecule has 31 heavy (non-hydrogen) atoms. The lowest BCUT2D eigenvalue weighted by molar-refractivity contribution is -0.125. The summed E-state index contributed by atoms with van der Waals surface area (Å²) in [4.78, 5) is 29.8. The highest BCUT2D eigenvalue weighted by Crippen LogP contribution is 2.39. The fourth-order valence-corrected chi connectivity index (χ4v) is 3.84. The lowest BCUT2D eigenvalue weighted by Crippen LogP contribution is -2.37. The number of amides is 2. The standard InChI is InChI=1S/C22H24N4O5/c1-29-10-8-23-20(27)16-11-17(18(12-16)24-21(28)15-7-9-30-13-15)22-25-19(26-31-22)14-5-3-2-4-6-14/h2-7,9,13,16-18H,8,10-12H2,1H3,(H,23,27)(H,24,28)/t16-,17-,18+/m1/s1. The highest BCUT2D eigenvalue weighted by Gasteiger charge is 2.42. The molecule has 0 aliphatic heterocycles. The summed E-state index contributed by atoms with van der Waals surface area (Å²) in [6, 6.07) is 10.8. The van der Waals surface area contributed by atoms with E-state index in [-0.39, 0.29) is 29.7 Å². The van der Waals surface area contributed by atoms with Crippen molar-refractivity contribution in [2.24, 2.45) is 5.92 Å². The zero-order chi connectivity index (χ0) is 21.6. The average molecular weight is 424 g/mol. The van der Waals surface area contributed by atoms with Gasteiger partial charge in [-0.1, -0.05) is 35.5 Å². The van der Waals surface area contributed by atoms with Gasteiger partial charge in [0, 0.05) is 31.2 Å². The zero-order valence-electron chi connectivity index (χ0n) is 17.1. The van der Waals surface area contributed by atoms with Gasteiger partial charge in [-0.25, -0.2) is 0 Å². The number of benzene rings is 1. The monoisotopic (exact) mass is 424 g/mol. The molecule has 2 N–H and O–H groups in total. The van der Waals surface area contributed by atoms with Gasteiger partial charge in [-0.15, -0.1) is 0 Å². The van der Waals surface area contributed by atoms with E-state index in [1.807, 2.05) is 30.3 Å². The minimum Gasteiger partial charge on any atom is -0.472 e. The molecule has 2 heterocycles. The smallest absolute Gasteiger partial charge is 0.254 e. The van der Waals surface area contributed by atoms with Gasteiger partial charge < -0.3 is 24.3 Å². The Morgan fingerprint density at radius 1 is 1.19 bits per heavy atom. The van der Waals surface area contributed by atoms with Crippen LogP contribution in [-0.2, 0) is 9.53 Å². The van der Waals surface area contributed by atoms with Crippen LogP contribution < -0.4 is 10.6 Å². The van der Waals surface area contributed by atoms with Gasteiger partial charge in [0.05, 0.1) is 24.4 Å². The van der Waals surface area contributed by atoms with Crippen molar-refractivity contribution in [3.05, 3.63) is 60.4 Å². The number of carbonyl (C=O) groups excluding carboxylic acids is 2. The molecule has 162 valence electrons. The van der Waals surface area contributed by atoms with Crippen LogP contribution in [0.5, 0.6) is 0 Å². The summed E-state index contributed by atoms with van der Waals surface area (Å²) >= 11 is 0. The second kappa shape index (κ2) is 9.57. The minimum atomic E-state index is -0.329. The molecule has 0 radical (unpaired) electrons. The number of nitrogens with zero attached hydrogens (tertiary/aromatic N) is 2. The Hall–Kier alpha value is -3.46. The molecular weight excluding hydrogens is 400 g/mol. The molecule has 1 saturated carbocycles. The van der Waals surface area contributed by atoms with Crippen molar-refractivity contribution in [3.8, 4) is 11.4 Å². The number of nitrogens with one attached hydrogen (secondary N) is 2. The molecule has 1 aromatic carbocycles. The first-order valence-electron chi connectivity index (χ1n) is 10.1. The van der Waals surface area contributed by atoms with Gasteiger partial charge in [-0.05, 0) is 18.9 Å². The van der Waals surface area contributed by atoms with Crippen LogP contribution in [0.15, 0.2) is 57.9 Å². The third-order valence-corrected chi connectivity index (χ3v) is 5.43. The van der Waals surface area contributed by atoms with Gasteiger partial charge in [0.1, 0.15) is 6.26 Å². The van der Waals surface area contributed by atoms with Crippen molar-refractivity contribution < 1.29 is 23.3 Å². The molecule has 0 spiro atoms. The maximum atomic E-state index is 12.6. The first-order valence-corrected chi connectivity index (χ1v) is 10.1. The van der Waals surface area contributed by atoms with Crippen molar-refractivity contribution in [2.45, 2.75) is 24.8 Å². The Balaban J connectivity index is 1.52. The highest BCUT2D eigenvalue weighted by atomic mass is 16.5. The van der Waals surface area contributed by atoms with Crippen LogP contribution in [0.1, 0.15) is 35.0 Å². The Kier molecular flexibility index (Phi) is 6.42. The van der Waals surface area contributed by atoms with Gasteiger partial charge in [0.2, 0.25) is 17.6 Å². The molecule has 0 saturated heterocycles. The van der Waals surface area contributed by atoms with Crippen molar-refractivity contribution in [3.63, 3.8) is 0 Å². The lowest BCUT2D eigenvalue weighted by Gasteiger charge is -2.17. The molecule has 0 bridgehead atoms. The van der Waals surface area contributed by atoms with Gasteiger partial charge in [-0.2, -0.15) is 4.98 Å². The van der Waals surface area contributed by atoms with Crippen LogP contribution >= 0.6 is 0 Å². The van der Waals surface area contributed by atoms with Crippen LogP contribution in [0.2, 0.25) is 0 Å². The molecule has 9 heteroatoms. The average Bonchev–Trinajstić information content (AvgIpc) is 3.54. The quantitative estimate of drug-likeness (QED) is 0.533. The summed E-state index contributed by atoms with van der Waals surface area (Å²) in [7, 11) is 1.58. The summed E-state index contributed by atoms with van der Waals surface area (Å²) in [5.74, 6) is -0.0356. The number of ether oxygens (including phenoxy) is 1. The molecule has 3 atom stereocenters. The normalized spacial score (nSPS) is 20.5. The predicted octanol–water partition coefficient (Wildman–Crippen LogP) is 2.38. The number of hydrogen-bond acceptors (Lipinski definition) is 7. The Morgan fingerprint density at radius 3 is 2.77 bits per heavy atom. The molecule has 1 aliphatic rings. The molecule has 1 aliphatic carbocycles. The van der Waals surface area contributed by atoms with E-state index in [0.29, 0.717) is 43.3 Å². The summed E-state index contributed by atoms with van der Waals surface area (Å²) < 4.78 is 15.5. The number of furan rings is 1. The maximum absolute atomic E-state index is 12.6. The zero-order valence-corrected chi connectivity index (χ0v) is 17.1. The third kappa shape index (κ3) is 4.83. The number of hydrogen-bond donors (Lipinski definition) is 2. The first-order chi connectivity index (χ1) is 15.2. The number of methoxy groups -OCH3 is 1. The van der Waals surface area contributed by atoms with Crippen molar-refractivity contribution in [2.75, 3.05) is 20.3 Å². The van der Waals surface area contributed by atoms with E-state index < -0.39 is 0 Å². The summed E-state index contributed by atoms with van der Waals surface area (Å²) in [6.07, 6.45) is 3.79. The SMILES string of the molecule is COCCNC(=O)[C@H]1C[C@H](NC(=O)c2ccoc2)[C@H](c2nc(-c3ccccc3)no2)C1. The molecule has 4 rings (SSSR count). The third-order valence-electron chi connectivity index (χ3n) is 5.43. The molecule has 1 fully saturated rings. The number of rotatable bonds is 8. The fraction of sp³-hybridized carbons (Fsp3) is 0.364. The predicted molar refractivity (Wildman–Crippen MR) is 110 cm³/mol. The second-order valence-corrected chi connectivity index (χ2v) is 7.47. The van der Waals surface area contributed by atoms with Crippen molar-refractivity contribution >= 4 is 11.8 Å². The van der Waals surface area contributed by atoms with Gasteiger partial charge >= 0.3 is 0 Å². The number of carbonyl (C=O) groups is 2. The van der Waals surface area contributed by atoms with Crippen LogP contribution in [0, 0.1) is 5.92 Å². The number of aromatic nitrogens is 2. The fourth-order valence-electron chi connectivity index (χ4n) is 3.84. The molecule has 9 nitrogen and oxygen atoms in total. The highest BCUT2D eigenvalue weighted by molar-refractivity contribution is 5.94. The van der Waals surface area contributed by atoms with Gasteiger partial charge in [-0.3, -0.25) is 9.59 Å². The molecule has 2 amide bonds. The van der Waals surface area contributed by atoms with Crippen molar-refractivity contribution in [1.82, 2.24) is 20.8 Å². The van der Waals surface area contributed by atoms with E-state index in [9.17, 15) is 9.59 Å². The van der Waals surface area contributed by atoms with E-state index in [1.54, 1.807) is 13.2 Å².